The molecule has 1 saturated heterocycles. The predicted molar refractivity (Wildman–Crippen MR) is 117 cm³/mol. The zero-order valence-electron chi connectivity index (χ0n) is 17.6. The van der Waals surface area contributed by atoms with Crippen LogP contribution in [0.1, 0.15) is 38.8 Å². The molecule has 4 rings (SSSR count). The summed E-state index contributed by atoms with van der Waals surface area (Å²) in [4.78, 5) is 32.2. The molecule has 3 aromatic rings. The van der Waals surface area contributed by atoms with Crippen LogP contribution >= 0.6 is 11.6 Å². The van der Waals surface area contributed by atoms with Crippen molar-refractivity contribution < 1.29 is 9.53 Å². The van der Waals surface area contributed by atoms with Crippen molar-refractivity contribution in [3.05, 3.63) is 57.6 Å². The highest BCUT2D eigenvalue weighted by atomic mass is 35.5. The number of pyridine rings is 1. The molecule has 0 N–H and O–H groups in total. The van der Waals surface area contributed by atoms with Crippen LogP contribution in [0.4, 0.5) is 4.79 Å². The fourth-order valence-corrected chi connectivity index (χ4v) is 4.15. The molecule has 30 heavy (non-hydrogen) atoms. The summed E-state index contributed by atoms with van der Waals surface area (Å²) in [6, 6.07) is 8.98. The molecule has 1 amide bonds. The Kier molecular flexibility index (Phi) is 5.10. The van der Waals surface area contributed by atoms with Gasteiger partial charge in [0.2, 0.25) is 0 Å². The van der Waals surface area contributed by atoms with E-state index in [0.29, 0.717) is 30.2 Å². The molecule has 1 aliphatic heterocycles. The van der Waals surface area contributed by atoms with Crippen LogP contribution in [0.5, 0.6) is 0 Å². The summed E-state index contributed by atoms with van der Waals surface area (Å²) in [5.41, 5.74) is 2.26. The summed E-state index contributed by atoms with van der Waals surface area (Å²) in [5.74, 6) is 0. The molecular weight excluding hydrogens is 404 g/mol. The van der Waals surface area contributed by atoms with Crippen molar-refractivity contribution in [2.45, 2.75) is 45.8 Å². The third-order valence-corrected chi connectivity index (χ3v) is 5.45. The Hall–Kier alpha value is -2.80. The van der Waals surface area contributed by atoms with Gasteiger partial charge in [-0.05, 0) is 70.0 Å². The van der Waals surface area contributed by atoms with Gasteiger partial charge in [-0.25, -0.2) is 14.6 Å². The SMILES string of the molecule is Cc1cc(Cl)ccc1-n1c(=O)n([C@@H]2CCN(C(=O)OC(C)(C)C)C2)c2ncccc21. The fraction of sp³-hybridized carbons (Fsp3) is 0.409. The number of likely N-dealkylation sites (tertiary alicyclic amines) is 1. The first-order chi connectivity index (χ1) is 14.2. The van der Waals surface area contributed by atoms with Crippen LogP contribution in [-0.4, -0.2) is 43.8 Å². The van der Waals surface area contributed by atoms with Gasteiger partial charge in [0.25, 0.3) is 0 Å². The summed E-state index contributed by atoms with van der Waals surface area (Å²) in [5, 5.41) is 0.620. The number of hydrogen-bond donors (Lipinski definition) is 0. The van der Waals surface area contributed by atoms with Crippen molar-refractivity contribution in [2.75, 3.05) is 13.1 Å². The van der Waals surface area contributed by atoms with Gasteiger partial charge in [-0.3, -0.25) is 9.13 Å². The lowest BCUT2D eigenvalue weighted by atomic mass is 10.2. The van der Waals surface area contributed by atoms with Gasteiger partial charge in [-0.2, -0.15) is 0 Å². The number of nitrogens with zero attached hydrogens (tertiary/aromatic N) is 4. The molecule has 158 valence electrons. The van der Waals surface area contributed by atoms with Crippen LogP contribution in [0.3, 0.4) is 0 Å². The topological polar surface area (TPSA) is 69.4 Å². The first-order valence-electron chi connectivity index (χ1n) is 9.98. The lowest BCUT2D eigenvalue weighted by Crippen LogP contribution is -2.36. The minimum atomic E-state index is -0.560. The number of hydrogen-bond acceptors (Lipinski definition) is 4. The lowest BCUT2D eigenvalue weighted by molar-refractivity contribution is 0.0289. The summed E-state index contributed by atoms with van der Waals surface area (Å²) in [6.45, 7) is 8.39. The number of carbonyl (C=O) groups excluding carboxylic acids is 1. The number of imidazole rings is 1. The Morgan fingerprint density at radius 1 is 1.27 bits per heavy atom. The number of carbonyl (C=O) groups is 1. The largest absolute Gasteiger partial charge is 0.444 e. The molecule has 1 fully saturated rings. The number of benzene rings is 1. The van der Waals surface area contributed by atoms with Crippen molar-refractivity contribution in [3.63, 3.8) is 0 Å². The van der Waals surface area contributed by atoms with Crippen LogP contribution in [0.25, 0.3) is 16.9 Å². The standard InChI is InChI=1S/C22H25ClN4O3/c1-14-12-15(23)7-8-17(14)27-18-6-5-10-24-19(18)26(20(27)28)16-9-11-25(13-16)21(29)30-22(2,3)4/h5-8,10,12,16H,9,11,13H2,1-4H3/t16-/m1/s1. The molecule has 3 heterocycles. The van der Waals surface area contributed by atoms with E-state index in [9.17, 15) is 9.59 Å². The van der Waals surface area contributed by atoms with E-state index < -0.39 is 5.60 Å². The molecule has 0 spiro atoms. The molecule has 0 aliphatic carbocycles. The summed E-state index contributed by atoms with van der Waals surface area (Å²) in [6.07, 6.45) is 1.98. The van der Waals surface area contributed by atoms with Crippen molar-refractivity contribution in [1.29, 1.82) is 0 Å². The monoisotopic (exact) mass is 428 g/mol. The first-order valence-corrected chi connectivity index (χ1v) is 10.4. The first kappa shape index (κ1) is 20.5. The molecule has 0 bridgehead atoms. The number of aryl methyl sites for hydroxylation is 1. The molecule has 0 saturated carbocycles. The van der Waals surface area contributed by atoms with Gasteiger partial charge >= 0.3 is 11.8 Å². The number of ether oxygens (including phenoxy) is 1. The van der Waals surface area contributed by atoms with Crippen LogP contribution < -0.4 is 5.69 Å². The minimum absolute atomic E-state index is 0.170. The van der Waals surface area contributed by atoms with Crippen LogP contribution in [0.2, 0.25) is 5.02 Å². The second-order valence-electron chi connectivity index (χ2n) is 8.63. The Bertz CT molecular complexity index is 1180. The van der Waals surface area contributed by atoms with E-state index in [0.717, 1.165) is 16.8 Å². The third kappa shape index (κ3) is 3.69. The van der Waals surface area contributed by atoms with E-state index in [4.69, 9.17) is 16.3 Å². The summed E-state index contributed by atoms with van der Waals surface area (Å²) in [7, 11) is 0. The van der Waals surface area contributed by atoms with Gasteiger partial charge in [-0.1, -0.05) is 11.6 Å². The smallest absolute Gasteiger partial charge is 0.410 e. The van der Waals surface area contributed by atoms with E-state index in [1.807, 2.05) is 52.0 Å². The van der Waals surface area contributed by atoms with Crippen LogP contribution in [-0.2, 0) is 4.74 Å². The van der Waals surface area contributed by atoms with Crippen molar-refractivity contribution in [1.82, 2.24) is 19.0 Å². The minimum Gasteiger partial charge on any atom is -0.444 e. The zero-order valence-corrected chi connectivity index (χ0v) is 18.3. The third-order valence-electron chi connectivity index (χ3n) is 5.21. The Morgan fingerprint density at radius 3 is 2.73 bits per heavy atom. The molecular formula is C22H25ClN4O3. The molecule has 0 radical (unpaired) electrons. The van der Waals surface area contributed by atoms with E-state index in [1.54, 1.807) is 26.3 Å². The van der Waals surface area contributed by atoms with Gasteiger partial charge in [0.05, 0.1) is 17.2 Å². The second-order valence-corrected chi connectivity index (χ2v) is 9.07. The van der Waals surface area contributed by atoms with Gasteiger partial charge in [0.15, 0.2) is 5.65 Å². The summed E-state index contributed by atoms with van der Waals surface area (Å²) >= 11 is 6.11. The number of fused-ring (bicyclic) bond motifs is 1. The maximum Gasteiger partial charge on any atom is 0.410 e. The van der Waals surface area contributed by atoms with Crippen molar-refractivity contribution in [3.8, 4) is 5.69 Å². The number of rotatable bonds is 2. The van der Waals surface area contributed by atoms with Crippen molar-refractivity contribution in [2.24, 2.45) is 0 Å². The van der Waals surface area contributed by atoms with Gasteiger partial charge in [0.1, 0.15) is 5.60 Å². The van der Waals surface area contributed by atoms with Crippen molar-refractivity contribution >= 4 is 28.9 Å². The molecule has 0 unspecified atom stereocenters. The lowest BCUT2D eigenvalue weighted by Gasteiger charge is -2.24. The average molecular weight is 429 g/mol. The maximum atomic E-state index is 13.5. The van der Waals surface area contributed by atoms with Crippen LogP contribution in [0.15, 0.2) is 41.3 Å². The van der Waals surface area contributed by atoms with Gasteiger partial charge < -0.3 is 9.64 Å². The summed E-state index contributed by atoms with van der Waals surface area (Å²) < 4.78 is 8.86. The molecule has 7 nitrogen and oxygen atoms in total. The van der Waals surface area contributed by atoms with Crippen LogP contribution in [0, 0.1) is 6.92 Å². The second kappa shape index (κ2) is 7.47. The molecule has 1 aromatic carbocycles. The highest BCUT2D eigenvalue weighted by molar-refractivity contribution is 6.30. The Morgan fingerprint density at radius 2 is 2.03 bits per heavy atom. The zero-order chi connectivity index (χ0) is 21.6. The normalized spacial score (nSPS) is 17.0. The number of halogens is 1. The Balaban J connectivity index is 1.76. The highest BCUT2D eigenvalue weighted by Crippen LogP contribution is 2.28. The fourth-order valence-electron chi connectivity index (χ4n) is 3.93. The average Bonchev–Trinajstić information content (AvgIpc) is 3.23. The molecule has 8 heteroatoms. The Labute approximate surface area is 179 Å². The van der Waals surface area contributed by atoms with Gasteiger partial charge in [0, 0.05) is 24.3 Å². The van der Waals surface area contributed by atoms with E-state index in [-0.39, 0.29) is 17.8 Å². The predicted octanol–water partition coefficient (Wildman–Crippen LogP) is 4.33. The quantitative estimate of drug-likeness (QED) is 0.609. The number of aromatic nitrogens is 3. The van der Waals surface area contributed by atoms with E-state index in [1.165, 1.54) is 0 Å². The van der Waals surface area contributed by atoms with E-state index in [2.05, 4.69) is 4.98 Å². The maximum absolute atomic E-state index is 13.5. The molecule has 1 aliphatic rings. The van der Waals surface area contributed by atoms with E-state index >= 15 is 0 Å². The van der Waals surface area contributed by atoms with Gasteiger partial charge in [-0.15, -0.1) is 0 Å². The molecule has 1 atom stereocenters. The molecule has 2 aromatic heterocycles. The number of amides is 1. The highest BCUT2D eigenvalue weighted by Gasteiger charge is 2.33.